The summed E-state index contributed by atoms with van der Waals surface area (Å²) in [7, 11) is 0. The van der Waals surface area contributed by atoms with Crippen molar-refractivity contribution in [2.24, 2.45) is 17.8 Å². The van der Waals surface area contributed by atoms with Gasteiger partial charge in [0.1, 0.15) is 29.8 Å². The molecule has 4 rings (SSSR count). The van der Waals surface area contributed by atoms with Gasteiger partial charge < -0.3 is 4.74 Å². The second-order valence-electron chi connectivity index (χ2n) is 9.82. The van der Waals surface area contributed by atoms with Gasteiger partial charge in [0.15, 0.2) is 0 Å². The molecule has 0 N–H and O–H groups in total. The second-order valence-corrected chi connectivity index (χ2v) is 9.82. The number of rotatable bonds is 7. The number of halogens is 3. The van der Waals surface area contributed by atoms with Crippen molar-refractivity contribution in [3.63, 3.8) is 0 Å². The van der Waals surface area contributed by atoms with E-state index in [4.69, 9.17) is 4.74 Å². The highest BCUT2D eigenvalue weighted by Crippen LogP contribution is 2.49. The molecule has 1 nitrogen and oxygen atoms in total. The lowest BCUT2D eigenvalue weighted by atomic mass is 9.63. The van der Waals surface area contributed by atoms with Crippen LogP contribution in [0.5, 0.6) is 5.75 Å². The van der Waals surface area contributed by atoms with Gasteiger partial charge in [0, 0.05) is 11.6 Å². The minimum Gasteiger partial charge on any atom is -0.489 e. The molecule has 174 valence electrons. The van der Waals surface area contributed by atoms with Crippen LogP contribution in [0.4, 0.5) is 13.2 Å². The zero-order valence-corrected chi connectivity index (χ0v) is 19.3. The Morgan fingerprint density at radius 1 is 0.969 bits per heavy atom. The molecular formula is C28H35F3O. The SMILES string of the molecule is CC=CCOc1cc(F)c2c(F)c(C3CCC4CC(CCCC)CCC4C3)c(F)cc2c1. The Bertz CT molecular complexity index is 967. The zero-order valence-electron chi connectivity index (χ0n) is 19.3. The topological polar surface area (TPSA) is 9.23 Å². The molecule has 0 radical (unpaired) electrons. The van der Waals surface area contributed by atoms with Gasteiger partial charge in [-0.25, -0.2) is 13.2 Å². The molecule has 2 aromatic carbocycles. The number of ether oxygens (including phenoxy) is 1. The number of allylic oxidation sites excluding steroid dienone is 1. The first-order valence-corrected chi connectivity index (χ1v) is 12.4. The summed E-state index contributed by atoms with van der Waals surface area (Å²) in [6.45, 7) is 4.39. The highest BCUT2D eigenvalue weighted by molar-refractivity contribution is 5.86. The number of hydrogen-bond acceptors (Lipinski definition) is 1. The van der Waals surface area contributed by atoms with Crippen molar-refractivity contribution >= 4 is 10.8 Å². The number of benzene rings is 2. The first-order valence-electron chi connectivity index (χ1n) is 12.4. The molecule has 2 saturated carbocycles. The van der Waals surface area contributed by atoms with Crippen LogP contribution in [0.2, 0.25) is 0 Å². The van der Waals surface area contributed by atoms with Crippen molar-refractivity contribution in [3.05, 3.63) is 53.4 Å². The van der Waals surface area contributed by atoms with Crippen LogP contribution in [0.1, 0.15) is 83.1 Å². The van der Waals surface area contributed by atoms with E-state index < -0.39 is 17.5 Å². The van der Waals surface area contributed by atoms with Crippen LogP contribution >= 0.6 is 0 Å². The largest absolute Gasteiger partial charge is 0.489 e. The molecule has 0 aromatic heterocycles. The first kappa shape index (κ1) is 23.2. The highest BCUT2D eigenvalue weighted by Gasteiger charge is 2.37. The third-order valence-corrected chi connectivity index (χ3v) is 7.77. The number of unbranched alkanes of at least 4 members (excludes halogenated alkanes) is 1. The smallest absolute Gasteiger partial charge is 0.140 e. The van der Waals surface area contributed by atoms with Crippen molar-refractivity contribution in [2.45, 2.75) is 77.6 Å². The molecule has 4 atom stereocenters. The Morgan fingerprint density at radius 2 is 1.75 bits per heavy atom. The first-order chi connectivity index (χ1) is 15.5. The van der Waals surface area contributed by atoms with Crippen LogP contribution in [-0.2, 0) is 0 Å². The van der Waals surface area contributed by atoms with Crippen LogP contribution < -0.4 is 4.74 Å². The standard InChI is InChI=1S/C28H35F3O/c1-3-5-7-18-8-9-20-14-21(11-10-19(20)13-18)26-24(29)16-22-15-23(32-12-6-4-2)17-25(30)27(22)28(26)31/h4,6,15-21H,3,5,7-14H2,1-2H3. The maximum atomic E-state index is 15.5. The lowest BCUT2D eigenvalue weighted by Gasteiger charge is -2.42. The fraction of sp³-hybridized carbons (Fsp3) is 0.571. The van der Waals surface area contributed by atoms with Crippen molar-refractivity contribution in [3.8, 4) is 5.75 Å². The van der Waals surface area contributed by atoms with Crippen LogP contribution in [0.3, 0.4) is 0 Å². The zero-order chi connectivity index (χ0) is 22.7. The summed E-state index contributed by atoms with van der Waals surface area (Å²) in [6, 6.07) is 4.00. The molecule has 4 heteroatoms. The molecule has 2 aliphatic carbocycles. The van der Waals surface area contributed by atoms with E-state index in [0.29, 0.717) is 11.8 Å². The Labute approximate surface area is 190 Å². The second kappa shape index (κ2) is 10.3. The predicted octanol–water partition coefficient (Wildman–Crippen LogP) is 8.70. The van der Waals surface area contributed by atoms with Gasteiger partial charge in [0.05, 0.1) is 5.39 Å². The molecular weight excluding hydrogens is 409 g/mol. The summed E-state index contributed by atoms with van der Waals surface area (Å²) in [5.74, 6) is 0.174. The van der Waals surface area contributed by atoms with Gasteiger partial charge in [-0.15, -0.1) is 0 Å². The van der Waals surface area contributed by atoms with E-state index in [1.54, 1.807) is 6.08 Å². The lowest BCUT2D eigenvalue weighted by molar-refractivity contribution is 0.112. The molecule has 0 saturated heterocycles. The average molecular weight is 445 g/mol. The predicted molar refractivity (Wildman–Crippen MR) is 125 cm³/mol. The van der Waals surface area contributed by atoms with Crippen molar-refractivity contribution in [2.75, 3.05) is 6.61 Å². The summed E-state index contributed by atoms with van der Waals surface area (Å²) in [5, 5.41) is 0.0922. The molecule has 2 fully saturated rings. The Morgan fingerprint density at radius 3 is 2.53 bits per heavy atom. The van der Waals surface area contributed by atoms with Gasteiger partial charge in [0.25, 0.3) is 0 Å². The van der Waals surface area contributed by atoms with Crippen LogP contribution in [-0.4, -0.2) is 6.61 Å². The van der Waals surface area contributed by atoms with Crippen LogP contribution in [0, 0.1) is 35.2 Å². The quantitative estimate of drug-likeness (QED) is 0.388. The normalized spacial score (nSPS) is 25.9. The monoisotopic (exact) mass is 444 g/mol. The summed E-state index contributed by atoms with van der Waals surface area (Å²) >= 11 is 0. The van der Waals surface area contributed by atoms with E-state index >= 15 is 8.78 Å². The molecule has 4 unspecified atom stereocenters. The van der Waals surface area contributed by atoms with Crippen molar-refractivity contribution in [1.82, 2.24) is 0 Å². The minimum absolute atomic E-state index is 0.0885. The van der Waals surface area contributed by atoms with E-state index in [1.165, 1.54) is 50.3 Å². The Kier molecular flexibility index (Phi) is 7.48. The van der Waals surface area contributed by atoms with Crippen molar-refractivity contribution in [1.29, 1.82) is 0 Å². The summed E-state index contributed by atoms with van der Waals surface area (Å²) in [6.07, 6.45) is 13.8. The third-order valence-electron chi connectivity index (χ3n) is 7.77. The van der Waals surface area contributed by atoms with Crippen LogP contribution in [0.25, 0.3) is 10.8 Å². The van der Waals surface area contributed by atoms with Gasteiger partial charge >= 0.3 is 0 Å². The molecule has 0 aliphatic heterocycles. The van der Waals surface area contributed by atoms with Gasteiger partial charge in [-0.1, -0.05) is 44.8 Å². The maximum absolute atomic E-state index is 15.5. The summed E-state index contributed by atoms with van der Waals surface area (Å²) in [4.78, 5) is 0. The Hall–Kier alpha value is -1.97. The molecule has 0 bridgehead atoms. The maximum Gasteiger partial charge on any atom is 0.140 e. The summed E-state index contributed by atoms with van der Waals surface area (Å²) < 4.78 is 51.0. The molecule has 32 heavy (non-hydrogen) atoms. The van der Waals surface area contributed by atoms with Gasteiger partial charge in [-0.05, 0) is 80.2 Å². The van der Waals surface area contributed by atoms with E-state index in [-0.39, 0.29) is 34.6 Å². The third kappa shape index (κ3) is 4.84. The van der Waals surface area contributed by atoms with E-state index in [0.717, 1.165) is 31.6 Å². The van der Waals surface area contributed by atoms with Gasteiger partial charge in [-0.2, -0.15) is 0 Å². The molecule has 0 spiro atoms. The molecule has 0 amide bonds. The van der Waals surface area contributed by atoms with E-state index in [9.17, 15) is 4.39 Å². The van der Waals surface area contributed by atoms with Gasteiger partial charge in [0.2, 0.25) is 0 Å². The lowest BCUT2D eigenvalue weighted by Crippen LogP contribution is -2.31. The van der Waals surface area contributed by atoms with E-state index in [1.807, 2.05) is 13.0 Å². The number of hydrogen-bond donors (Lipinski definition) is 0. The fourth-order valence-corrected chi connectivity index (χ4v) is 6.10. The average Bonchev–Trinajstić information content (AvgIpc) is 2.77. The summed E-state index contributed by atoms with van der Waals surface area (Å²) in [5.41, 5.74) is 0.0885. The van der Waals surface area contributed by atoms with E-state index in [2.05, 4.69) is 6.92 Å². The fourth-order valence-electron chi connectivity index (χ4n) is 6.10. The highest BCUT2D eigenvalue weighted by atomic mass is 19.1. The van der Waals surface area contributed by atoms with Crippen molar-refractivity contribution < 1.29 is 17.9 Å². The Balaban J connectivity index is 1.55. The molecule has 2 aromatic rings. The molecule has 0 heterocycles. The number of fused-ring (bicyclic) bond motifs is 2. The molecule has 2 aliphatic rings. The van der Waals surface area contributed by atoms with Gasteiger partial charge in [-0.3, -0.25) is 0 Å². The minimum atomic E-state index is -0.724. The van der Waals surface area contributed by atoms with Crippen LogP contribution in [0.15, 0.2) is 30.4 Å².